The molecule has 16 heavy (non-hydrogen) atoms. The van der Waals surface area contributed by atoms with Gasteiger partial charge in [-0.2, -0.15) is 0 Å². The highest BCUT2D eigenvalue weighted by molar-refractivity contribution is 5.75. The van der Waals surface area contributed by atoms with E-state index >= 15 is 0 Å². The predicted molar refractivity (Wildman–Crippen MR) is 59.6 cm³/mol. The van der Waals surface area contributed by atoms with Gasteiger partial charge < -0.3 is 5.32 Å². The molecule has 1 rings (SSSR count). The maximum atomic E-state index is 11.5. The van der Waals surface area contributed by atoms with Gasteiger partial charge in [-0.15, -0.1) is 5.10 Å². The Labute approximate surface area is 95.4 Å². The first-order valence-corrected chi connectivity index (χ1v) is 5.72. The van der Waals surface area contributed by atoms with Crippen molar-refractivity contribution in [2.24, 2.45) is 0 Å². The quantitative estimate of drug-likeness (QED) is 0.695. The molecule has 1 amide bonds. The van der Waals surface area contributed by atoms with Crippen LogP contribution in [0.1, 0.15) is 39.5 Å². The van der Waals surface area contributed by atoms with Gasteiger partial charge in [0.2, 0.25) is 5.91 Å². The van der Waals surface area contributed by atoms with E-state index in [4.69, 9.17) is 0 Å². The summed E-state index contributed by atoms with van der Waals surface area (Å²) in [5.74, 6) is -0.0451. The van der Waals surface area contributed by atoms with Crippen molar-refractivity contribution < 1.29 is 4.79 Å². The number of rotatable bonds is 7. The molecular formula is C10H19N5O. The van der Waals surface area contributed by atoms with E-state index in [1.54, 1.807) is 0 Å². The molecule has 0 aliphatic rings. The van der Waals surface area contributed by atoms with Crippen molar-refractivity contribution in [1.82, 2.24) is 25.5 Å². The van der Waals surface area contributed by atoms with Crippen LogP contribution in [0.5, 0.6) is 0 Å². The smallest absolute Gasteiger partial charge is 0.242 e. The number of carbonyl (C=O) groups is 1. The Bertz CT molecular complexity index is 298. The minimum absolute atomic E-state index is 0.0451. The highest BCUT2D eigenvalue weighted by atomic mass is 16.2. The Morgan fingerprint density at radius 2 is 2.31 bits per heavy atom. The molecule has 1 N–H and O–H groups in total. The molecule has 0 aliphatic heterocycles. The molecule has 0 spiro atoms. The number of hydrogen-bond acceptors (Lipinski definition) is 4. The van der Waals surface area contributed by atoms with Gasteiger partial charge in [0, 0.05) is 6.04 Å². The average molecular weight is 225 g/mol. The lowest BCUT2D eigenvalue weighted by molar-refractivity contribution is -0.122. The van der Waals surface area contributed by atoms with E-state index in [9.17, 15) is 4.79 Å². The zero-order chi connectivity index (χ0) is 11.8. The topological polar surface area (TPSA) is 72.7 Å². The predicted octanol–water partition coefficient (Wildman–Crippen LogP) is 0.758. The SMILES string of the molecule is CCCCCC(C)NC(=O)Cn1cnnn1. The van der Waals surface area contributed by atoms with Crippen molar-refractivity contribution in [2.45, 2.75) is 52.1 Å². The Morgan fingerprint density at radius 1 is 1.50 bits per heavy atom. The second-order valence-electron chi connectivity index (χ2n) is 3.97. The molecule has 0 bridgehead atoms. The number of aromatic nitrogens is 4. The standard InChI is InChI=1S/C10H19N5O/c1-3-4-5-6-9(2)12-10(16)7-15-8-11-13-14-15/h8-9H,3-7H2,1-2H3,(H,12,16). The molecule has 1 aromatic heterocycles. The first kappa shape index (κ1) is 12.6. The van der Waals surface area contributed by atoms with Crippen LogP contribution in [0.15, 0.2) is 6.33 Å². The third-order valence-corrected chi connectivity index (χ3v) is 2.35. The first-order chi connectivity index (χ1) is 7.72. The number of nitrogens with zero attached hydrogens (tertiary/aromatic N) is 4. The van der Waals surface area contributed by atoms with Crippen LogP contribution in [-0.4, -0.2) is 32.2 Å². The minimum Gasteiger partial charge on any atom is -0.352 e. The van der Waals surface area contributed by atoms with Crippen molar-refractivity contribution in [1.29, 1.82) is 0 Å². The lowest BCUT2D eigenvalue weighted by Crippen LogP contribution is -2.35. The molecule has 6 nitrogen and oxygen atoms in total. The van der Waals surface area contributed by atoms with Gasteiger partial charge >= 0.3 is 0 Å². The minimum atomic E-state index is -0.0451. The van der Waals surface area contributed by atoms with Crippen molar-refractivity contribution in [3.8, 4) is 0 Å². The van der Waals surface area contributed by atoms with Crippen LogP contribution in [-0.2, 0) is 11.3 Å². The van der Waals surface area contributed by atoms with Crippen molar-refractivity contribution in [2.75, 3.05) is 0 Å². The average Bonchev–Trinajstić information content (AvgIpc) is 2.70. The van der Waals surface area contributed by atoms with Gasteiger partial charge in [0.15, 0.2) is 0 Å². The van der Waals surface area contributed by atoms with Crippen LogP contribution in [0.25, 0.3) is 0 Å². The summed E-state index contributed by atoms with van der Waals surface area (Å²) in [4.78, 5) is 11.5. The largest absolute Gasteiger partial charge is 0.352 e. The van der Waals surface area contributed by atoms with E-state index in [1.165, 1.54) is 23.9 Å². The molecular weight excluding hydrogens is 206 g/mol. The molecule has 1 unspecified atom stereocenters. The first-order valence-electron chi connectivity index (χ1n) is 5.72. The number of hydrogen-bond donors (Lipinski definition) is 1. The van der Waals surface area contributed by atoms with Gasteiger partial charge in [0.25, 0.3) is 0 Å². The summed E-state index contributed by atoms with van der Waals surface area (Å²) in [6.45, 7) is 4.37. The summed E-state index contributed by atoms with van der Waals surface area (Å²) in [5, 5.41) is 13.5. The zero-order valence-electron chi connectivity index (χ0n) is 9.89. The molecule has 90 valence electrons. The number of amides is 1. The number of nitrogens with one attached hydrogen (secondary N) is 1. The molecule has 0 aliphatic carbocycles. The van der Waals surface area contributed by atoms with Crippen molar-refractivity contribution in [3.05, 3.63) is 6.33 Å². The number of unbranched alkanes of at least 4 members (excludes halogenated alkanes) is 2. The molecule has 1 heterocycles. The summed E-state index contributed by atoms with van der Waals surface area (Å²) in [6, 6.07) is 0.218. The lowest BCUT2D eigenvalue weighted by atomic mass is 10.1. The number of tetrazole rings is 1. The Hall–Kier alpha value is -1.46. The monoisotopic (exact) mass is 225 g/mol. The summed E-state index contributed by atoms with van der Waals surface area (Å²) in [7, 11) is 0. The van der Waals surface area contributed by atoms with E-state index in [0.29, 0.717) is 0 Å². The molecule has 1 aromatic rings. The van der Waals surface area contributed by atoms with Crippen LogP contribution >= 0.6 is 0 Å². The van der Waals surface area contributed by atoms with Gasteiger partial charge in [0.1, 0.15) is 12.9 Å². The van der Waals surface area contributed by atoms with Crippen LogP contribution < -0.4 is 5.32 Å². The molecule has 1 atom stereocenters. The van der Waals surface area contributed by atoms with Gasteiger partial charge in [-0.3, -0.25) is 4.79 Å². The summed E-state index contributed by atoms with van der Waals surface area (Å²) < 4.78 is 1.41. The zero-order valence-corrected chi connectivity index (χ0v) is 9.89. The summed E-state index contributed by atoms with van der Waals surface area (Å²) >= 11 is 0. The van der Waals surface area contributed by atoms with Crippen LogP contribution in [0.2, 0.25) is 0 Å². The summed E-state index contributed by atoms with van der Waals surface area (Å²) in [5.41, 5.74) is 0. The van der Waals surface area contributed by atoms with E-state index in [-0.39, 0.29) is 18.5 Å². The number of carbonyl (C=O) groups excluding carboxylic acids is 1. The maximum absolute atomic E-state index is 11.5. The van der Waals surface area contributed by atoms with Crippen molar-refractivity contribution >= 4 is 5.91 Å². The molecule has 0 aromatic carbocycles. The van der Waals surface area contributed by atoms with Gasteiger partial charge in [0.05, 0.1) is 0 Å². The Balaban J connectivity index is 2.18. The third kappa shape index (κ3) is 4.86. The molecule has 0 saturated carbocycles. The Kier molecular flexibility index (Phi) is 5.45. The maximum Gasteiger partial charge on any atom is 0.242 e. The second kappa shape index (κ2) is 6.92. The molecule has 0 saturated heterocycles. The second-order valence-corrected chi connectivity index (χ2v) is 3.97. The normalized spacial score (nSPS) is 12.4. The fraction of sp³-hybridized carbons (Fsp3) is 0.800. The van der Waals surface area contributed by atoms with Crippen LogP contribution in [0.4, 0.5) is 0 Å². The fourth-order valence-corrected chi connectivity index (χ4v) is 1.49. The van der Waals surface area contributed by atoms with E-state index < -0.39 is 0 Å². The van der Waals surface area contributed by atoms with Gasteiger partial charge in [-0.05, 0) is 23.8 Å². The Morgan fingerprint density at radius 3 is 2.94 bits per heavy atom. The van der Waals surface area contributed by atoms with Crippen LogP contribution in [0.3, 0.4) is 0 Å². The van der Waals surface area contributed by atoms with E-state index in [1.807, 2.05) is 6.92 Å². The van der Waals surface area contributed by atoms with Gasteiger partial charge in [-0.1, -0.05) is 26.2 Å². The summed E-state index contributed by atoms with van der Waals surface area (Å²) in [6.07, 6.45) is 6.03. The van der Waals surface area contributed by atoms with Gasteiger partial charge in [-0.25, -0.2) is 4.68 Å². The lowest BCUT2D eigenvalue weighted by Gasteiger charge is -2.13. The van der Waals surface area contributed by atoms with Crippen LogP contribution in [0, 0.1) is 0 Å². The van der Waals surface area contributed by atoms with Crippen molar-refractivity contribution in [3.63, 3.8) is 0 Å². The molecule has 0 radical (unpaired) electrons. The van der Waals surface area contributed by atoms with E-state index in [0.717, 1.165) is 12.8 Å². The fourth-order valence-electron chi connectivity index (χ4n) is 1.49. The molecule has 0 fully saturated rings. The molecule has 6 heteroatoms. The highest BCUT2D eigenvalue weighted by Crippen LogP contribution is 2.02. The van der Waals surface area contributed by atoms with E-state index in [2.05, 4.69) is 27.8 Å². The third-order valence-electron chi connectivity index (χ3n) is 2.35. The highest BCUT2D eigenvalue weighted by Gasteiger charge is 2.07.